The summed E-state index contributed by atoms with van der Waals surface area (Å²) in [5, 5.41) is 6.35. The number of benzene rings is 1. The van der Waals surface area contributed by atoms with Crippen LogP contribution in [0.1, 0.15) is 11.5 Å². The van der Waals surface area contributed by atoms with E-state index in [1.807, 2.05) is 17.5 Å². The topological polar surface area (TPSA) is 76.3 Å². The lowest BCUT2D eigenvalue weighted by Gasteiger charge is -2.15. The van der Waals surface area contributed by atoms with Crippen molar-refractivity contribution >= 4 is 33.0 Å². The van der Waals surface area contributed by atoms with E-state index in [-0.39, 0.29) is 18.2 Å². The number of halogens is 1. The third-order valence-electron chi connectivity index (χ3n) is 3.30. The molecule has 0 bridgehead atoms. The average molecular weight is 384 g/mol. The maximum atomic E-state index is 12.4. The van der Waals surface area contributed by atoms with Gasteiger partial charge in [0.05, 0.1) is 17.2 Å². The molecule has 0 aliphatic rings. The van der Waals surface area contributed by atoms with E-state index < -0.39 is 10.0 Å². The number of thiophene rings is 1. The second-order valence-electron chi connectivity index (χ2n) is 5.13. The van der Waals surface area contributed by atoms with Gasteiger partial charge in [-0.3, -0.25) is 0 Å². The minimum Gasteiger partial charge on any atom is -0.337 e. The largest absolute Gasteiger partial charge is 0.337 e. The molecule has 3 aromatic rings. The summed E-state index contributed by atoms with van der Waals surface area (Å²) in [6.45, 7) is 0.0221. The van der Waals surface area contributed by atoms with Crippen LogP contribution < -0.4 is 0 Å². The highest BCUT2D eigenvalue weighted by atomic mass is 35.5. The lowest BCUT2D eigenvalue weighted by atomic mass is 10.2. The molecule has 9 heteroatoms. The summed E-state index contributed by atoms with van der Waals surface area (Å²) in [6.07, 6.45) is 0. The number of nitrogens with zero attached hydrogens (tertiary/aromatic N) is 3. The number of rotatable bonds is 6. The Bertz CT molecular complexity index is 906. The molecular weight excluding hydrogens is 370 g/mol. The van der Waals surface area contributed by atoms with E-state index in [1.165, 1.54) is 22.7 Å². The first-order valence-corrected chi connectivity index (χ1v) is 9.85. The maximum Gasteiger partial charge on any atom is 0.242 e. The second-order valence-corrected chi connectivity index (χ2v) is 8.59. The van der Waals surface area contributed by atoms with Crippen molar-refractivity contribution in [1.29, 1.82) is 0 Å². The zero-order valence-electron chi connectivity index (χ0n) is 12.7. The molecule has 0 amide bonds. The van der Waals surface area contributed by atoms with Crippen molar-refractivity contribution in [1.82, 2.24) is 14.4 Å². The van der Waals surface area contributed by atoms with Crippen LogP contribution in [-0.2, 0) is 22.3 Å². The van der Waals surface area contributed by atoms with E-state index in [1.54, 1.807) is 24.3 Å². The van der Waals surface area contributed by atoms with E-state index in [0.717, 1.165) is 4.88 Å². The molecule has 0 atom stereocenters. The maximum absolute atomic E-state index is 12.4. The fourth-order valence-electron chi connectivity index (χ4n) is 2.02. The lowest BCUT2D eigenvalue weighted by Crippen LogP contribution is -2.27. The van der Waals surface area contributed by atoms with Crippen molar-refractivity contribution in [2.75, 3.05) is 7.05 Å². The lowest BCUT2D eigenvalue weighted by molar-refractivity contribution is 0.336. The van der Waals surface area contributed by atoms with Gasteiger partial charge in [-0.1, -0.05) is 35.0 Å². The van der Waals surface area contributed by atoms with Gasteiger partial charge >= 0.3 is 0 Å². The minimum atomic E-state index is -3.50. The van der Waals surface area contributed by atoms with Gasteiger partial charge in [-0.15, -0.1) is 11.3 Å². The highest BCUT2D eigenvalue weighted by Gasteiger charge is 2.21. The molecule has 24 heavy (non-hydrogen) atoms. The Morgan fingerprint density at radius 2 is 2.00 bits per heavy atom. The molecule has 0 saturated heterocycles. The Hall–Kier alpha value is -1.74. The zero-order valence-corrected chi connectivity index (χ0v) is 15.1. The smallest absolute Gasteiger partial charge is 0.242 e. The van der Waals surface area contributed by atoms with Crippen LogP contribution in [0.3, 0.4) is 0 Å². The molecule has 0 aliphatic carbocycles. The first-order chi connectivity index (χ1) is 11.4. The molecule has 0 saturated carbocycles. The average Bonchev–Trinajstić information content (AvgIpc) is 3.20. The van der Waals surface area contributed by atoms with Crippen molar-refractivity contribution < 1.29 is 12.9 Å². The first kappa shape index (κ1) is 17.1. The Kier molecular flexibility index (Phi) is 5.00. The number of aromatic nitrogens is 2. The molecule has 0 unspecified atom stereocenters. The molecule has 0 fully saturated rings. The van der Waals surface area contributed by atoms with Crippen LogP contribution in [-0.4, -0.2) is 29.9 Å². The van der Waals surface area contributed by atoms with Gasteiger partial charge in [0.15, 0.2) is 0 Å². The van der Waals surface area contributed by atoms with E-state index in [2.05, 4.69) is 10.1 Å². The molecule has 2 aromatic heterocycles. The fourth-order valence-corrected chi connectivity index (χ4v) is 3.93. The van der Waals surface area contributed by atoms with Crippen molar-refractivity contribution in [2.24, 2.45) is 0 Å². The highest BCUT2D eigenvalue weighted by Crippen LogP contribution is 2.22. The van der Waals surface area contributed by atoms with E-state index in [0.29, 0.717) is 16.4 Å². The standard InChI is InChI=1S/C15H14ClN3O3S2/c1-19(24(20,21)10-11-4-6-12(16)7-5-11)9-14-17-15(18-22-14)13-3-2-8-23-13/h2-8H,9-10H2,1H3. The fraction of sp³-hybridized carbons (Fsp3) is 0.200. The van der Waals surface area contributed by atoms with Gasteiger partial charge in [-0.2, -0.15) is 9.29 Å². The number of hydrogen-bond donors (Lipinski definition) is 0. The second kappa shape index (κ2) is 7.02. The summed E-state index contributed by atoms with van der Waals surface area (Å²) >= 11 is 7.30. The van der Waals surface area contributed by atoms with E-state index >= 15 is 0 Å². The van der Waals surface area contributed by atoms with Crippen molar-refractivity contribution in [3.8, 4) is 10.7 Å². The number of hydrogen-bond acceptors (Lipinski definition) is 6. The van der Waals surface area contributed by atoms with Crippen LogP contribution in [0.25, 0.3) is 10.7 Å². The van der Waals surface area contributed by atoms with Gasteiger partial charge in [-0.25, -0.2) is 8.42 Å². The predicted molar refractivity (Wildman–Crippen MR) is 93.2 cm³/mol. The molecule has 6 nitrogen and oxygen atoms in total. The molecule has 3 rings (SSSR count). The summed E-state index contributed by atoms with van der Waals surface area (Å²) in [4.78, 5) is 5.11. The van der Waals surface area contributed by atoms with Crippen LogP contribution >= 0.6 is 22.9 Å². The summed E-state index contributed by atoms with van der Waals surface area (Å²) in [5.41, 5.74) is 0.663. The molecule has 0 spiro atoms. The third-order valence-corrected chi connectivity index (χ3v) is 6.20. The first-order valence-electron chi connectivity index (χ1n) is 6.99. The molecule has 0 radical (unpaired) electrons. The summed E-state index contributed by atoms with van der Waals surface area (Å²) in [5.74, 6) is 0.594. The Balaban J connectivity index is 1.69. The van der Waals surface area contributed by atoms with Crippen LogP contribution in [0.5, 0.6) is 0 Å². The molecule has 1 aromatic carbocycles. The monoisotopic (exact) mass is 383 g/mol. The highest BCUT2D eigenvalue weighted by molar-refractivity contribution is 7.88. The van der Waals surface area contributed by atoms with Gasteiger partial charge in [0.2, 0.25) is 21.7 Å². The Morgan fingerprint density at radius 1 is 1.25 bits per heavy atom. The van der Waals surface area contributed by atoms with Crippen molar-refractivity contribution in [2.45, 2.75) is 12.3 Å². The Labute approximate surface area is 148 Å². The quantitative estimate of drug-likeness (QED) is 0.651. The van der Waals surface area contributed by atoms with Gasteiger partial charge in [0.1, 0.15) is 0 Å². The Morgan fingerprint density at radius 3 is 2.67 bits per heavy atom. The predicted octanol–water partition coefficient (Wildman–Crippen LogP) is 3.41. The molecule has 2 heterocycles. The third kappa shape index (κ3) is 4.02. The summed E-state index contributed by atoms with van der Waals surface area (Å²) < 4.78 is 31.2. The van der Waals surface area contributed by atoms with Crippen molar-refractivity contribution in [3.05, 3.63) is 58.3 Å². The zero-order chi connectivity index (χ0) is 17.2. The minimum absolute atomic E-state index is 0.0221. The van der Waals surface area contributed by atoms with Gasteiger partial charge < -0.3 is 4.52 Å². The van der Waals surface area contributed by atoms with E-state index in [9.17, 15) is 8.42 Å². The van der Waals surface area contributed by atoms with Gasteiger partial charge in [0.25, 0.3) is 0 Å². The molecule has 126 valence electrons. The van der Waals surface area contributed by atoms with Crippen LogP contribution in [0.15, 0.2) is 46.3 Å². The van der Waals surface area contributed by atoms with Gasteiger partial charge in [-0.05, 0) is 29.1 Å². The normalized spacial score (nSPS) is 12.0. The molecular formula is C15H14ClN3O3S2. The number of sulfonamides is 1. The van der Waals surface area contributed by atoms with Gasteiger partial charge in [0, 0.05) is 12.1 Å². The SMILES string of the molecule is CN(Cc1nc(-c2cccs2)no1)S(=O)(=O)Cc1ccc(Cl)cc1. The summed E-state index contributed by atoms with van der Waals surface area (Å²) in [6, 6.07) is 10.5. The van der Waals surface area contributed by atoms with Crippen molar-refractivity contribution in [3.63, 3.8) is 0 Å². The molecule has 0 aliphatic heterocycles. The van der Waals surface area contributed by atoms with Crippen LogP contribution in [0, 0.1) is 0 Å². The van der Waals surface area contributed by atoms with Crippen LogP contribution in [0.2, 0.25) is 5.02 Å². The molecule has 0 N–H and O–H groups in total. The van der Waals surface area contributed by atoms with E-state index in [4.69, 9.17) is 16.1 Å². The summed E-state index contributed by atoms with van der Waals surface area (Å²) in [7, 11) is -2.02. The van der Waals surface area contributed by atoms with Crippen LogP contribution in [0.4, 0.5) is 0 Å².